The monoisotopic (exact) mass is 518 g/mol. The summed E-state index contributed by atoms with van der Waals surface area (Å²) < 4.78 is 35.4. The highest BCUT2D eigenvalue weighted by atomic mass is 32.2. The first-order chi connectivity index (χ1) is 17.9. The molecule has 1 atom stereocenters. The summed E-state index contributed by atoms with van der Waals surface area (Å²) in [7, 11) is 0. The summed E-state index contributed by atoms with van der Waals surface area (Å²) in [5, 5.41) is 6.13. The number of benzene rings is 2. The van der Waals surface area contributed by atoms with Gasteiger partial charge in [-0.25, -0.2) is 13.8 Å². The van der Waals surface area contributed by atoms with Crippen molar-refractivity contribution in [3.05, 3.63) is 82.9 Å². The van der Waals surface area contributed by atoms with Gasteiger partial charge in [0.15, 0.2) is 11.6 Å². The number of anilines is 1. The zero-order chi connectivity index (χ0) is 25.7. The van der Waals surface area contributed by atoms with Crippen LogP contribution in [0.2, 0.25) is 0 Å². The van der Waals surface area contributed by atoms with Crippen LogP contribution in [0, 0.1) is 25.5 Å². The molecule has 0 aliphatic carbocycles. The largest absolute Gasteiger partial charge is 0.361 e. The molecule has 1 saturated heterocycles. The van der Waals surface area contributed by atoms with Crippen LogP contribution in [0.15, 0.2) is 58.5 Å². The molecule has 6 nitrogen and oxygen atoms in total. The van der Waals surface area contributed by atoms with Crippen molar-refractivity contribution >= 4 is 40.1 Å². The van der Waals surface area contributed by atoms with Crippen molar-refractivity contribution in [1.82, 2.24) is 14.7 Å². The van der Waals surface area contributed by atoms with Crippen molar-refractivity contribution < 1.29 is 18.1 Å². The molecule has 1 amide bonds. The predicted molar refractivity (Wildman–Crippen MR) is 141 cm³/mol. The number of piperidine rings is 1. The second-order valence-corrected chi connectivity index (χ2v) is 10.2. The SMILES string of the molecule is Cc1noc(C)c1-c1ccc2c(c1)nc([C@@H]1CCCC(=O)N1c1ccc(F)c(F)c1)n2C1=CCSC=C1. The molecule has 0 unspecified atom stereocenters. The van der Waals surface area contributed by atoms with Crippen LogP contribution in [-0.2, 0) is 4.79 Å². The van der Waals surface area contributed by atoms with Gasteiger partial charge in [0.25, 0.3) is 0 Å². The Kier molecular flexibility index (Phi) is 5.95. The van der Waals surface area contributed by atoms with E-state index in [0.29, 0.717) is 30.8 Å². The van der Waals surface area contributed by atoms with E-state index in [1.165, 1.54) is 6.07 Å². The third-order valence-corrected chi connectivity index (χ3v) is 7.60. The van der Waals surface area contributed by atoms with E-state index in [-0.39, 0.29) is 5.91 Å². The lowest BCUT2D eigenvalue weighted by molar-refractivity contribution is -0.120. The van der Waals surface area contributed by atoms with Crippen LogP contribution in [0.4, 0.5) is 14.5 Å². The fourth-order valence-electron chi connectivity index (χ4n) is 5.26. The number of rotatable bonds is 4. The molecule has 0 N–H and O–H groups in total. The molecule has 0 spiro atoms. The van der Waals surface area contributed by atoms with Gasteiger partial charge in [0.2, 0.25) is 5.91 Å². The fourth-order valence-corrected chi connectivity index (χ4v) is 5.87. The molecule has 4 aromatic rings. The summed E-state index contributed by atoms with van der Waals surface area (Å²) in [4.78, 5) is 19.8. The number of nitrogens with zero attached hydrogens (tertiary/aromatic N) is 4. The average molecular weight is 519 g/mol. The number of amides is 1. The summed E-state index contributed by atoms with van der Waals surface area (Å²) in [6, 6.07) is 9.22. The van der Waals surface area contributed by atoms with Crippen molar-refractivity contribution in [3.63, 3.8) is 0 Å². The summed E-state index contributed by atoms with van der Waals surface area (Å²) in [6.07, 6.45) is 5.83. The van der Waals surface area contributed by atoms with Crippen LogP contribution in [-0.4, -0.2) is 26.4 Å². The summed E-state index contributed by atoms with van der Waals surface area (Å²) >= 11 is 1.70. The number of carbonyl (C=O) groups excluding carboxylic acids is 1. The first-order valence-electron chi connectivity index (χ1n) is 12.1. The molecular formula is C28H24F2N4O2S. The molecule has 1 fully saturated rings. The maximum absolute atomic E-state index is 14.2. The number of halogens is 2. The van der Waals surface area contributed by atoms with E-state index < -0.39 is 17.7 Å². The zero-order valence-corrected chi connectivity index (χ0v) is 21.2. The van der Waals surface area contributed by atoms with Gasteiger partial charge in [0.05, 0.1) is 22.8 Å². The van der Waals surface area contributed by atoms with Gasteiger partial charge in [-0.3, -0.25) is 9.36 Å². The van der Waals surface area contributed by atoms with E-state index in [4.69, 9.17) is 9.51 Å². The van der Waals surface area contributed by atoms with Crippen molar-refractivity contribution in [2.75, 3.05) is 10.7 Å². The number of hydrogen-bond acceptors (Lipinski definition) is 5. The number of allylic oxidation sites excluding steroid dienone is 2. The molecule has 0 radical (unpaired) electrons. The predicted octanol–water partition coefficient (Wildman–Crippen LogP) is 6.95. The van der Waals surface area contributed by atoms with E-state index in [2.05, 4.69) is 15.8 Å². The van der Waals surface area contributed by atoms with Crippen LogP contribution in [0.1, 0.15) is 42.6 Å². The maximum Gasteiger partial charge on any atom is 0.227 e. The molecule has 6 rings (SSSR count). The minimum atomic E-state index is -0.984. The highest BCUT2D eigenvalue weighted by Gasteiger charge is 2.35. The van der Waals surface area contributed by atoms with E-state index in [1.54, 1.807) is 16.7 Å². The lowest BCUT2D eigenvalue weighted by Gasteiger charge is -2.35. The van der Waals surface area contributed by atoms with Gasteiger partial charge < -0.3 is 9.42 Å². The van der Waals surface area contributed by atoms with Gasteiger partial charge in [-0.15, -0.1) is 11.8 Å². The molecule has 4 heterocycles. The topological polar surface area (TPSA) is 64.2 Å². The Morgan fingerprint density at radius 2 is 1.97 bits per heavy atom. The molecule has 188 valence electrons. The normalized spacial score (nSPS) is 18.1. The first kappa shape index (κ1) is 23.7. The number of aromatic nitrogens is 3. The second kappa shape index (κ2) is 9.30. The van der Waals surface area contributed by atoms with Crippen molar-refractivity contribution in [2.45, 2.75) is 39.2 Å². The van der Waals surface area contributed by atoms with Gasteiger partial charge in [-0.05, 0) is 74.1 Å². The smallest absolute Gasteiger partial charge is 0.227 e. The van der Waals surface area contributed by atoms with Crippen LogP contribution >= 0.6 is 11.8 Å². The number of imidazole rings is 1. The maximum atomic E-state index is 14.2. The van der Waals surface area contributed by atoms with Crippen molar-refractivity contribution in [1.29, 1.82) is 0 Å². The lowest BCUT2D eigenvalue weighted by Crippen LogP contribution is -2.39. The van der Waals surface area contributed by atoms with Crippen LogP contribution in [0.25, 0.3) is 27.9 Å². The highest BCUT2D eigenvalue weighted by Crippen LogP contribution is 2.40. The number of carbonyl (C=O) groups is 1. The Hall–Kier alpha value is -3.72. The van der Waals surface area contributed by atoms with Crippen molar-refractivity contribution in [2.24, 2.45) is 0 Å². The third kappa shape index (κ3) is 4.07. The zero-order valence-electron chi connectivity index (χ0n) is 20.4. The molecule has 2 aliphatic heterocycles. The van der Waals surface area contributed by atoms with E-state index >= 15 is 0 Å². The van der Waals surface area contributed by atoms with Gasteiger partial charge in [0, 0.05) is 35.2 Å². The van der Waals surface area contributed by atoms with E-state index in [9.17, 15) is 13.6 Å². The minimum Gasteiger partial charge on any atom is -0.361 e. The van der Waals surface area contributed by atoms with Crippen LogP contribution in [0.3, 0.4) is 0 Å². The quantitative estimate of drug-likeness (QED) is 0.293. The van der Waals surface area contributed by atoms with Crippen LogP contribution in [0.5, 0.6) is 0 Å². The Morgan fingerprint density at radius 3 is 2.70 bits per heavy atom. The molecule has 37 heavy (non-hydrogen) atoms. The van der Waals surface area contributed by atoms with Gasteiger partial charge in [0.1, 0.15) is 11.6 Å². The molecular weight excluding hydrogens is 494 g/mol. The molecule has 2 aromatic carbocycles. The molecule has 2 aliphatic rings. The molecule has 2 aromatic heterocycles. The Morgan fingerprint density at radius 1 is 1.11 bits per heavy atom. The minimum absolute atomic E-state index is 0.138. The van der Waals surface area contributed by atoms with Gasteiger partial charge >= 0.3 is 0 Å². The molecule has 9 heteroatoms. The highest BCUT2D eigenvalue weighted by molar-refractivity contribution is 8.02. The van der Waals surface area contributed by atoms with Crippen LogP contribution < -0.4 is 4.90 Å². The number of thioether (sulfide) groups is 1. The third-order valence-electron chi connectivity index (χ3n) is 6.91. The van der Waals surface area contributed by atoms with E-state index in [1.807, 2.05) is 43.5 Å². The Balaban J connectivity index is 1.55. The summed E-state index contributed by atoms with van der Waals surface area (Å²) in [5.41, 5.74) is 5.63. The first-order valence-corrected chi connectivity index (χ1v) is 13.2. The number of aryl methyl sites for hydroxylation is 2. The van der Waals surface area contributed by atoms with Gasteiger partial charge in [-0.1, -0.05) is 11.2 Å². The summed E-state index contributed by atoms with van der Waals surface area (Å²) in [5.74, 6) is 0.167. The summed E-state index contributed by atoms with van der Waals surface area (Å²) in [6.45, 7) is 3.79. The average Bonchev–Trinajstić information content (AvgIpc) is 3.44. The Bertz CT molecular complexity index is 1580. The van der Waals surface area contributed by atoms with Gasteiger partial charge in [-0.2, -0.15) is 0 Å². The Labute approximate surface area is 216 Å². The molecule has 0 bridgehead atoms. The lowest BCUT2D eigenvalue weighted by atomic mass is 9.99. The second-order valence-electron chi connectivity index (χ2n) is 9.24. The van der Waals surface area contributed by atoms with Crippen molar-refractivity contribution in [3.8, 4) is 11.1 Å². The van der Waals surface area contributed by atoms with E-state index in [0.717, 1.165) is 57.2 Å². The fraction of sp³-hybridized carbons (Fsp3) is 0.250. The standard InChI is InChI=1S/C28H24F2N4O2S/c1-16-27(17(2)36-32-16)18-6-9-24-23(14-18)31-28(34(24)19-10-12-37-13-11-19)25-4-3-5-26(35)33(25)20-7-8-21(29)22(30)15-20/h6-12,14-15,25H,3-5,13H2,1-2H3/t25-/m0/s1. The number of hydrogen-bond donors (Lipinski definition) is 0. The molecule has 0 saturated carbocycles. The number of fused-ring (bicyclic) bond motifs is 1.